The van der Waals surface area contributed by atoms with Gasteiger partial charge in [-0.05, 0) is 49.0 Å². The molecule has 1 N–H and O–H groups in total. The van der Waals surface area contributed by atoms with Gasteiger partial charge in [-0.25, -0.2) is 13.1 Å². The van der Waals surface area contributed by atoms with Crippen LogP contribution in [0.3, 0.4) is 0 Å². The lowest BCUT2D eigenvalue weighted by molar-refractivity contribution is 0.576. The molecule has 0 amide bonds. The molecule has 0 bridgehead atoms. The lowest BCUT2D eigenvalue weighted by Crippen LogP contribution is -2.24. The molecule has 1 aromatic carbocycles. The molecule has 0 radical (unpaired) electrons. The Morgan fingerprint density at radius 2 is 1.85 bits per heavy atom. The minimum atomic E-state index is -3.37. The zero-order valence-electron chi connectivity index (χ0n) is 11.8. The molecular formula is C14H22ClNO2S2. The van der Waals surface area contributed by atoms with E-state index in [-0.39, 0.29) is 0 Å². The van der Waals surface area contributed by atoms with E-state index in [0.717, 1.165) is 37.0 Å². The van der Waals surface area contributed by atoms with Gasteiger partial charge in [0.05, 0.1) is 4.90 Å². The molecule has 3 nitrogen and oxygen atoms in total. The van der Waals surface area contributed by atoms with Gasteiger partial charge in [0.25, 0.3) is 0 Å². The van der Waals surface area contributed by atoms with E-state index in [0.29, 0.717) is 17.3 Å². The molecule has 0 unspecified atom stereocenters. The predicted octanol–water partition coefficient (Wildman–Crippen LogP) is 3.28. The maximum absolute atomic E-state index is 12.0. The van der Waals surface area contributed by atoms with E-state index in [1.54, 1.807) is 12.1 Å². The number of sulfonamides is 1. The highest BCUT2D eigenvalue weighted by atomic mass is 35.5. The van der Waals surface area contributed by atoms with E-state index in [1.165, 1.54) is 0 Å². The van der Waals surface area contributed by atoms with Crippen LogP contribution in [-0.2, 0) is 16.4 Å². The van der Waals surface area contributed by atoms with Crippen LogP contribution < -0.4 is 4.72 Å². The summed E-state index contributed by atoms with van der Waals surface area (Å²) in [5, 5.41) is 0. The number of benzene rings is 1. The van der Waals surface area contributed by atoms with Gasteiger partial charge in [0, 0.05) is 12.4 Å². The highest BCUT2D eigenvalue weighted by molar-refractivity contribution is 7.98. The van der Waals surface area contributed by atoms with Crippen LogP contribution in [0, 0.1) is 0 Å². The highest BCUT2D eigenvalue weighted by Crippen LogP contribution is 2.11. The number of rotatable bonds is 10. The second kappa shape index (κ2) is 9.66. The van der Waals surface area contributed by atoms with Crippen molar-refractivity contribution < 1.29 is 8.42 Å². The lowest BCUT2D eigenvalue weighted by Gasteiger charge is -2.07. The van der Waals surface area contributed by atoms with E-state index < -0.39 is 10.0 Å². The van der Waals surface area contributed by atoms with Crippen LogP contribution in [0.25, 0.3) is 0 Å². The molecule has 0 aliphatic carbocycles. The van der Waals surface area contributed by atoms with Crippen molar-refractivity contribution >= 4 is 33.4 Å². The fourth-order valence-corrected chi connectivity index (χ4v) is 3.57. The predicted molar refractivity (Wildman–Crippen MR) is 88.3 cm³/mol. The average Bonchev–Trinajstić information content (AvgIpc) is 2.44. The lowest BCUT2D eigenvalue weighted by atomic mass is 10.2. The highest BCUT2D eigenvalue weighted by Gasteiger charge is 2.12. The molecule has 1 rings (SSSR count). The van der Waals surface area contributed by atoms with E-state index in [2.05, 4.69) is 11.0 Å². The summed E-state index contributed by atoms with van der Waals surface area (Å²) in [6.07, 6.45) is 5.90. The number of aryl methyl sites for hydroxylation is 1. The Morgan fingerprint density at radius 3 is 2.45 bits per heavy atom. The summed E-state index contributed by atoms with van der Waals surface area (Å²) in [6, 6.07) is 6.90. The van der Waals surface area contributed by atoms with Crippen LogP contribution in [0.1, 0.15) is 24.8 Å². The van der Waals surface area contributed by atoms with Gasteiger partial charge in [-0.15, -0.1) is 11.6 Å². The molecule has 1 aromatic rings. The van der Waals surface area contributed by atoms with Gasteiger partial charge >= 0.3 is 0 Å². The summed E-state index contributed by atoms with van der Waals surface area (Å²) < 4.78 is 26.7. The normalized spacial score (nSPS) is 11.7. The summed E-state index contributed by atoms with van der Waals surface area (Å²) in [5.41, 5.74) is 1.05. The summed E-state index contributed by atoms with van der Waals surface area (Å²) >= 11 is 7.47. The molecule has 0 aliphatic rings. The van der Waals surface area contributed by atoms with Crippen LogP contribution >= 0.6 is 23.4 Å². The number of nitrogens with one attached hydrogen (secondary N) is 1. The van der Waals surface area contributed by atoms with Gasteiger partial charge < -0.3 is 0 Å². The Kier molecular flexibility index (Phi) is 8.61. The second-order valence-corrected chi connectivity index (χ2v) is 7.66. The molecule has 0 saturated heterocycles. The first-order valence-corrected chi connectivity index (χ1v) is 10.1. The third-order valence-corrected chi connectivity index (χ3v) is 5.30. The Hall–Kier alpha value is -0.230. The van der Waals surface area contributed by atoms with Crippen LogP contribution in [0.5, 0.6) is 0 Å². The zero-order chi connectivity index (χ0) is 14.8. The van der Waals surface area contributed by atoms with Crippen molar-refractivity contribution in [2.24, 2.45) is 0 Å². The fraction of sp³-hybridized carbons (Fsp3) is 0.571. The molecule has 114 valence electrons. The molecule has 20 heavy (non-hydrogen) atoms. The van der Waals surface area contributed by atoms with Crippen molar-refractivity contribution in [1.29, 1.82) is 0 Å². The quantitative estimate of drug-likeness (QED) is 0.527. The van der Waals surface area contributed by atoms with Gasteiger partial charge in [-0.1, -0.05) is 18.6 Å². The maximum atomic E-state index is 12.0. The first-order chi connectivity index (χ1) is 9.60. The Morgan fingerprint density at radius 1 is 1.15 bits per heavy atom. The van der Waals surface area contributed by atoms with Gasteiger partial charge in [-0.3, -0.25) is 0 Å². The van der Waals surface area contributed by atoms with Gasteiger partial charge in [0.1, 0.15) is 0 Å². The molecule has 0 spiro atoms. The van der Waals surface area contributed by atoms with Gasteiger partial charge in [-0.2, -0.15) is 11.8 Å². The molecule has 0 aromatic heterocycles. The first kappa shape index (κ1) is 17.8. The van der Waals surface area contributed by atoms with Gasteiger partial charge in [0.15, 0.2) is 0 Å². The number of unbranched alkanes of at least 4 members (excludes halogenated alkanes) is 2. The van der Waals surface area contributed by atoms with Crippen LogP contribution in [0.2, 0.25) is 0 Å². The number of thioether (sulfide) groups is 1. The molecule has 0 atom stereocenters. The minimum absolute atomic E-state index is 0.319. The fourth-order valence-electron chi connectivity index (χ4n) is 1.78. The zero-order valence-corrected chi connectivity index (χ0v) is 14.2. The molecule has 6 heteroatoms. The maximum Gasteiger partial charge on any atom is 0.240 e. The Balaban J connectivity index is 2.43. The van der Waals surface area contributed by atoms with E-state index >= 15 is 0 Å². The molecule has 0 aliphatic heterocycles. The van der Waals surface area contributed by atoms with Crippen molar-refractivity contribution in [2.75, 3.05) is 24.4 Å². The van der Waals surface area contributed by atoms with Crippen molar-refractivity contribution in [3.63, 3.8) is 0 Å². The monoisotopic (exact) mass is 335 g/mol. The summed E-state index contributed by atoms with van der Waals surface area (Å²) in [7, 11) is -3.37. The molecule has 0 heterocycles. The Labute approximate surface area is 131 Å². The van der Waals surface area contributed by atoms with E-state index in [9.17, 15) is 8.42 Å². The topological polar surface area (TPSA) is 46.2 Å². The Bertz CT molecular complexity index is 474. The third-order valence-electron chi connectivity index (χ3n) is 2.93. The van der Waals surface area contributed by atoms with Crippen molar-refractivity contribution in [2.45, 2.75) is 30.6 Å². The smallest absolute Gasteiger partial charge is 0.211 e. The van der Waals surface area contributed by atoms with Crippen LogP contribution in [0.15, 0.2) is 29.2 Å². The molecule has 0 saturated carbocycles. The molecule has 0 fully saturated rings. The minimum Gasteiger partial charge on any atom is -0.211 e. The number of hydrogen-bond acceptors (Lipinski definition) is 3. The van der Waals surface area contributed by atoms with Crippen LogP contribution in [-0.4, -0.2) is 32.9 Å². The largest absolute Gasteiger partial charge is 0.240 e. The van der Waals surface area contributed by atoms with Crippen molar-refractivity contribution in [1.82, 2.24) is 4.72 Å². The van der Waals surface area contributed by atoms with E-state index in [4.69, 9.17) is 11.6 Å². The standard InChI is InChI=1S/C14H22ClNO2S2/c1-19-12-4-2-3-11-16-20(17,18)14-7-5-13(6-8-14)9-10-15/h5-8,16H,2-4,9-12H2,1H3. The van der Waals surface area contributed by atoms with Crippen LogP contribution in [0.4, 0.5) is 0 Å². The van der Waals surface area contributed by atoms with E-state index in [1.807, 2.05) is 23.9 Å². The number of alkyl halides is 1. The van der Waals surface area contributed by atoms with Crippen molar-refractivity contribution in [3.05, 3.63) is 29.8 Å². The average molecular weight is 336 g/mol. The summed E-state index contributed by atoms with van der Waals surface area (Å²) in [5.74, 6) is 1.68. The second-order valence-electron chi connectivity index (χ2n) is 4.53. The molecular weight excluding hydrogens is 314 g/mol. The third kappa shape index (κ3) is 6.48. The number of halogens is 1. The summed E-state index contributed by atoms with van der Waals surface area (Å²) in [6.45, 7) is 0.500. The summed E-state index contributed by atoms with van der Waals surface area (Å²) in [4.78, 5) is 0.319. The van der Waals surface area contributed by atoms with Crippen molar-refractivity contribution in [3.8, 4) is 0 Å². The number of hydrogen-bond donors (Lipinski definition) is 1. The first-order valence-electron chi connectivity index (χ1n) is 6.73. The SMILES string of the molecule is CSCCCCCNS(=O)(=O)c1ccc(CCCl)cc1. The van der Waals surface area contributed by atoms with Gasteiger partial charge in [0.2, 0.25) is 10.0 Å².